The molecule has 2 heteroatoms. The smallest absolute Gasteiger partial charge is 1.00 e. The molecule has 0 bridgehead atoms. The van der Waals surface area contributed by atoms with Crippen LogP contribution < -0.4 is 37.7 Å². The maximum Gasteiger partial charge on any atom is 1.00 e. The predicted molar refractivity (Wildman–Crippen MR) is 87.7 cm³/mol. The average molecular weight is 282 g/mol. The molecule has 0 nitrogen and oxygen atoms in total. The fourth-order valence-electron chi connectivity index (χ4n) is 4.73. The zero-order valence-electron chi connectivity index (χ0n) is 16.5. The minimum absolute atomic E-state index is 0. The van der Waals surface area contributed by atoms with Crippen LogP contribution in [0, 0.1) is 11.8 Å². The topological polar surface area (TPSA) is 0 Å². The summed E-state index contributed by atoms with van der Waals surface area (Å²) in [7, 11) is 0. The van der Waals surface area contributed by atoms with E-state index in [2.05, 4.69) is 24.3 Å². The van der Waals surface area contributed by atoms with Crippen molar-refractivity contribution in [3.63, 3.8) is 0 Å². The molecular formula is C20H28Li2. The Bertz CT molecular complexity index is 484. The second-order valence-electron chi connectivity index (χ2n) is 7.02. The first kappa shape index (κ1) is 18.5. The minimum atomic E-state index is 0. The largest absolute Gasteiger partial charge is 1.00 e. The summed E-state index contributed by atoms with van der Waals surface area (Å²) < 4.78 is 0. The van der Waals surface area contributed by atoms with Crippen molar-refractivity contribution >= 4 is 0 Å². The summed E-state index contributed by atoms with van der Waals surface area (Å²) in [5.41, 5.74) is 6.99. The molecule has 0 amide bonds. The van der Waals surface area contributed by atoms with E-state index in [0.717, 1.165) is 11.8 Å². The van der Waals surface area contributed by atoms with Crippen molar-refractivity contribution in [1.82, 2.24) is 0 Å². The molecule has 0 spiro atoms. The van der Waals surface area contributed by atoms with Crippen LogP contribution in [0.25, 0.3) is 0 Å². The Morgan fingerprint density at radius 2 is 1.09 bits per heavy atom. The summed E-state index contributed by atoms with van der Waals surface area (Å²) in [5.74, 6) is 1.57. The molecule has 2 unspecified atom stereocenters. The summed E-state index contributed by atoms with van der Waals surface area (Å²) in [6.07, 6.45) is 23.8. The Labute approximate surface area is 162 Å². The van der Waals surface area contributed by atoms with E-state index >= 15 is 0 Å². The van der Waals surface area contributed by atoms with Crippen molar-refractivity contribution in [3.05, 3.63) is 46.6 Å². The summed E-state index contributed by atoms with van der Waals surface area (Å²) in [6.45, 7) is 0. The second-order valence-corrected chi connectivity index (χ2v) is 7.02. The quantitative estimate of drug-likeness (QED) is 0.645. The monoisotopic (exact) mass is 282 g/mol. The predicted octanol–water partition coefficient (Wildman–Crippen LogP) is 0.113. The third-order valence-electron chi connectivity index (χ3n) is 5.85. The Morgan fingerprint density at radius 1 is 0.682 bits per heavy atom. The van der Waals surface area contributed by atoms with Gasteiger partial charge >= 0.3 is 37.7 Å². The fourth-order valence-corrected chi connectivity index (χ4v) is 4.73. The molecule has 0 fully saturated rings. The summed E-state index contributed by atoms with van der Waals surface area (Å²) >= 11 is 0. The SMILES string of the molecule is C1=CC(CCC2C=CC3=C2CCCC3)C2=C1CCCC2.[H-].[H-].[Li+].[Li+]. The zero-order valence-corrected chi connectivity index (χ0v) is 14.5. The standard InChI is InChI=1S/C20H26.2Li.2H/c1-3-7-19-15(5-1)9-11-17(19)13-14-18-12-10-16-6-2-4-8-20(16)18;;;;/h9-12,17-18H,1-8,13-14H2;;;;/q;2*+1;2*-1. The van der Waals surface area contributed by atoms with Crippen LogP contribution in [0.4, 0.5) is 0 Å². The molecule has 4 aliphatic rings. The van der Waals surface area contributed by atoms with Gasteiger partial charge in [0.1, 0.15) is 0 Å². The summed E-state index contributed by atoms with van der Waals surface area (Å²) in [4.78, 5) is 0. The minimum Gasteiger partial charge on any atom is -1.00 e. The van der Waals surface area contributed by atoms with Crippen LogP contribution in [0.3, 0.4) is 0 Å². The number of allylic oxidation sites excluding steroid dienone is 8. The van der Waals surface area contributed by atoms with Gasteiger partial charge in [0.05, 0.1) is 0 Å². The van der Waals surface area contributed by atoms with Crippen LogP contribution in [-0.2, 0) is 0 Å². The zero-order chi connectivity index (χ0) is 13.4. The van der Waals surface area contributed by atoms with Crippen LogP contribution in [0.2, 0.25) is 0 Å². The van der Waals surface area contributed by atoms with Gasteiger partial charge in [-0.1, -0.05) is 35.5 Å². The molecule has 4 aliphatic carbocycles. The molecule has 0 heterocycles. The first-order chi connectivity index (χ1) is 9.92. The first-order valence-electron chi connectivity index (χ1n) is 8.72. The van der Waals surface area contributed by atoms with Crippen molar-refractivity contribution in [2.75, 3.05) is 0 Å². The van der Waals surface area contributed by atoms with Crippen LogP contribution >= 0.6 is 0 Å². The van der Waals surface area contributed by atoms with Gasteiger partial charge in [0.25, 0.3) is 0 Å². The maximum atomic E-state index is 2.50. The molecule has 4 rings (SSSR count). The average Bonchev–Trinajstić information content (AvgIpc) is 3.09. The van der Waals surface area contributed by atoms with Gasteiger partial charge in [-0.2, -0.15) is 0 Å². The van der Waals surface area contributed by atoms with Crippen molar-refractivity contribution in [3.8, 4) is 0 Å². The van der Waals surface area contributed by atoms with Gasteiger partial charge < -0.3 is 2.85 Å². The van der Waals surface area contributed by atoms with Crippen LogP contribution in [0.15, 0.2) is 46.6 Å². The third kappa shape index (κ3) is 3.63. The van der Waals surface area contributed by atoms with E-state index in [0.29, 0.717) is 0 Å². The second kappa shape index (κ2) is 8.31. The van der Waals surface area contributed by atoms with E-state index in [-0.39, 0.29) is 40.6 Å². The first-order valence-corrected chi connectivity index (χ1v) is 8.72. The van der Waals surface area contributed by atoms with E-state index in [1.807, 2.05) is 0 Å². The molecule has 2 atom stereocenters. The molecule has 0 saturated heterocycles. The van der Waals surface area contributed by atoms with Gasteiger partial charge in [-0.15, -0.1) is 0 Å². The van der Waals surface area contributed by atoms with Gasteiger partial charge in [0.15, 0.2) is 0 Å². The molecule has 0 saturated carbocycles. The maximum absolute atomic E-state index is 2.50. The molecule has 0 aromatic heterocycles. The molecule has 0 aromatic carbocycles. The van der Waals surface area contributed by atoms with Gasteiger partial charge in [-0.3, -0.25) is 0 Å². The van der Waals surface area contributed by atoms with E-state index < -0.39 is 0 Å². The third-order valence-corrected chi connectivity index (χ3v) is 5.85. The van der Waals surface area contributed by atoms with E-state index in [4.69, 9.17) is 0 Å². The van der Waals surface area contributed by atoms with Gasteiger partial charge in [-0.05, 0) is 87.2 Å². The molecule has 0 aromatic rings. The van der Waals surface area contributed by atoms with Crippen molar-refractivity contribution in [1.29, 1.82) is 0 Å². The Balaban J connectivity index is 0.00000132. The van der Waals surface area contributed by atoms with Crippen molar-refractivity contribution in [2.24, 2.45) is 11.8 Å². The van der Waals surface area contributed by atoms with Gasteiger partial charge in [0.2, 0.25) is 0 Å². The van der Waals surface area contributed by atoms with E-state index in [9.17, 15) is 0 Å². The molecule has 110 valence electrons. The number of hydrogen-bond donors (Lipinski definition) is 0. The molecule has 0 aliphatic heterocycles. The molecule has 22 heavy (non-hydrogen) atoms. The molecule has 0 radical (unpaired) electrons. The summed E-state index contributed by atoms with van der Waals surface area (Å²) in [6, 6.07) is 0. The van der Waals surface area contributed by atoms with Crippen molar-refractivity contribution < 1.29 is 40.6 Å². The van der Waals surface area contributed by atoms with E-state index in [1.165, 1.54) is 64.2 Å². The normalized spacial score (nSPS) is 29.1. The Hall–Kier alpha value is 0.155. The van der Waals surface area contributed by atoms with Crippen LogP contribution in [0.1, 0.15) is 67.1 Å². The molecule has 0 N–H and O–H groups in total. The van der Waals surface area contributed by atoms with Crippen molar-refractivity contribution in [2.45, 2.75) is 64.2 Å². The summed E-state index contributed by atoms with van der Waals surface area (Å²) in [5, 5.41) is 0. The Morgan fingerprint density at radius 3 is 1.55 bits per heavy atom. The van der Waals surface area contributed by atoms with Gasteiger partial charge in [-0.25, -0.2) is 0 Å². The van der Waals surface area contributed by atoms with E-state index in [1.54, 1.807) is 22.3 Å². The fraction of sp³-hybridized carbons (Fsp3) is 0.600. The van der Waals surface area contributed by atoms with Gasteiger partial charge in [0, 0.05) is 0 Å². The van der Waals surface area contributed by atoms with Crippen LogP contribution in [-0.4, -0.2) is 0 Å². The number of hydrogen-bond acceptors (Lipinski definition) is 0. The van der Waals surface area contributed by atoms with Crippen LogP contribution in [0.5, 0.6) is 0 Å². The number of rotatable bonds is 3. The molecular weight excluding hydrogens is 254 g/mol. The Kier molecular flexibility index (Phi) is 6.99.